The van der Waals surface area contributed by atoms with Crippen LogP contribution in [0.5, 0.6) is 0 Å². The van der Waals surface area contributed by atoms with E-state index in [4.69, 9.17) is 27.6 Å². The van der Waals surface area contributed by atoms with Crippen LogP contribution in [0.3, 0.4) is 0 Å². The summed E-state index contributed by atoms with van der Waals surface area (Å²) in [5.41, 5.74) is 0.423. The number of rotatable bonds is 4. The maximum Gasteiger partial charge on any atom is 0.319 e. The van der Waals surface area contributed by atoms with Crippen LogP contribution in [0.25, 0.3) is 0 Å². The van der Waals surface area contributed by atoms with E-state index in [9.17, 15) is 4.79 Å². The first-order valence-electron chi connectivity index (χ1n) is 6.72. The number of carbonyl (C=O) groups is 1. The van der Waals surface area contributed by atoms with E-state index in [1.807, 2.05) is 13.8 Å². The van der Waals surface area contributed by atoms with Crippen LogP contribution in [-0.2, 0) is 0 Å². The van der Waals surface area contributed by atoms with Crippen LogP contribution in [0.1, 0.15) is 44.5 Å². The molecule has 0 unspecified atom stereocenters. The summed E-state index contributed by atoms with van der Waals surface area (Å²) in [4.78, 5) is 12.0. The van der Waals surface area contributed by atoms with Gasteiger partial charge in [-0.2, -0.15) is 0 Å². The lowest BCUT2D eigenvalue weighted by atomic mass is 10.2. The highest BCUT2D eigenvalue weighted by Gasteiger charge is 2.18. The van der Waals surface area contributed by atoms with Crippen LogP contribution in [-0.4, -0.2) is 16.2 Å². The van der Waals surface area contributed by atoms with Crippen LogP contribution >= 0.6 is 23.2 Å². The first-order valence-corrected chi connectivity index (χ1v) is 7.48. The molecule has 2 rings (SSSR count). The number of halogens is 2. The molecule has 0 fully saturated rings. The molecule has 1 aromatic carbocycles. The summed E-state index contributed by atoms with van der Waals surface area (Å²) in [5.74, 6) is 1.01. The quantitative estimate of drug-likeness (QED) is 0.863. The van der Waals surface area contributed by atoms with Crippen molar-refractivity contribution >= 4 is 34.9 Å². The Labute approximate surface area is 138 Å². The number of nitrogens with zero attached hydrogens (tertiary/aromatic N) is 2. The SMILES string of the molecule is CC(C)c1nnc([C@@H](C)NC(=O)Nc2cc(Cl)ccc2Cl)o1. The molecular formula is C14H16Cl2N4O2. The first kappa shape index (κ1) is 16.6. The summed E-state index contributed by atoms with van der Waals surface area (Å²) in [6.45, 7) is 5.64. The Morgan fingerprint density at radius 3 is 2.50 bits per heavy atom. The summed E-state index contributed by atoms with van der Waals surface area (Å²) in [5, 5.41) is 14.0. The monoisotopic (exact) mass is 342 g/mol. The van der Waals surface area contributed by atoms with Gasteiger partial charge >= 0.3 is 6.03 Å². The van der Waals surface area contributed by atoms with Crippen molar-refractivity contribution in [3.8, 4) is 0 Å². The van der Waals surface area contributed by atoms with Gasteiger partial charge in [-0.05, 0) is 25.1 Å². The fourth-order valence-corrected chi connectivity index (χ4v) is 2.00. The molecule has 8 heteroatoms. The number of hydrogen-bond donors (Lipinski definition) is 2. The molecule has 0 radical (unpaired) electrons. The average Bonchev–Trinajstić information content (AvgIpc) is 2.93. The Morgan fingerprint density at radius 2 is 1.86 bits per heavy atom. The zero-order valence-corrected chi connectivity index (χ0v) is 13.9. The summed E-state index contributed by atoms with van der Waals surface area (Å²) < 4.78 is 5.49. The smallest absolute Gasteiger partial charge is 0.319 e. The van der Waals surface area contributed by atoms with E-state index in [0.29, 0.717) is 27.5 Å². The zero-order chi connectivity index (χ0) is 16.3. The molecule has 22 heavy (non-hydrogen) atoms. The van der Waals surface area contributed by atoms with Gasteiger partial charge in [-0.15, -0.1) is 10.2 Å². The predicted octanol–water partition coefficient (Wildman–Crippen LogP) is 4.38. The second kappa shape index (κ2) is 6.98. The number of carbonyl (C=O) groups excluding carboxylic acids is 1. The van der Waals surface area contributed by atoms with Gasteiger partial charge in [-0.3, -0.25) is 0 Å². The van der Waals surface area contributed by atoms with Gasteiger partial charge in [0.25, 0.3) is 0 Å². The van der Waals surface area contributed by atoms with Gasteiger partial charge in [-0.25, -0.2) is 4.79 Å². The molecule has 0 bridgehead atoms. The zero-order valence-electron chi connectivity index (χ0n) is 12.4. The van der Waals surface area contributed by atoms with E-state index >= 15 is 0 Å². The van der Waals surface area contributed by atoms with Crippen LogP contribution in [0.2, 0.25) is 10.0 Å². The van der Waals surface area contributed by atoms with Crippen molar-refractivity contribution in [3.05, 3.63) is 40.0 Å². The Morgan fingerprint density at radius 1 is 1.18 bits per heavy atom. The molecule has 2 N–H and O–H groups in total. The Bertz CT molecular complexity index is 673. The third kappa shape index (κ3) is 4.11. The summed E-state index contributed by atoms with van der Waals surface area (Å²) in [6.07, 6.45) is 0. The van der Waals surface area contributed by atoms with Crippen LogP contribution in [0.4, 0.5) is 10.5 Å². The third-order valence-electron chi connectivity index (χ3n) is 2.84. The van der Waals surface area contributed by atoms with Crippen molar-refractivity contribution < 1.29 is 9.21 Å². The van der Waals surface area contributed by atoms with Gasteiger partial charge in [-0.1, -0.05) is 37.0 Å². The molecule has 0 saturated carbocycles. The number of aromatic nitrogens is 2. The Balaban J connectivity index is 2.00. The van der Waals surface area contributed by atoms with Crippen LogP contribution < -0.4 is 10.6 Å². The number of nitrogens with one attached hydrogen (secondary N) is 2. The fourth-order valence-electron chi connectivity index (χ4n) is 1.66. The maximum absolute atomic E-state index is 12.0. The predicted molar refractivity (Wildman–Crippen MR) is 85.4 cm³/mol. The largest absolute Gasteiger partial charge is 0.423 e. The lowest BCUT2D eigenvalue weighted by Gasteiger charge is -2.12. The number of hydrogen-bond acceptors (Lipinski definition) is 4. The molecule has 0 aliphatic rings. The highest BCUT2D eigenvalue weighted by atomic mass is 35.5. The van der Waals surface area contributed by atoms with Gasteiger partial charge in [0.2, 0.25) is 11.8 Å². The summed E-state index contributed by atoms with van der Waals surface area (Å²) in [7, 11) is 0. The highest BCUT2D eigenvalue weighted by molar-refractivity contribution is 6.35. The topological polar surface area (TPSA) is 80.0 Å². The molecule has 0 aliphatic heterocycles. The van der Waals surface area contributed by atoms with Gasteiger partial charge in [0.05, 0.1) is 10.7 Å². The lowest BCUT2D eigenvalue weighted by Crippen LogP contribution is -2.31. The minimum Gasteiger partial charge on any atom is -0.423 e. The van der Waals surface area contributed by atoms with Crippen molar-refractivity contribution in [2.24, 2.45) is 0 Å². The first-order chi connectivity index (χ1) is 10.4. The van der Waals surface area contributed by atoms with Gasteiger partial charge < -0.3 is 15.1 Å². The number of anilines is 1. The number of amides is 2. The standard InChI is InChI=1S/C14H16Cl2N4O2/c1-7(2)12-19-20-13(22-12)8(3)17-14(21)18-11-6-9(15)4-5-10(11)16/h4-8H,1-3H3,(H2,17,18,21)/t8-/m1/s1. The number of urea groups is 1. The normalized spacial score (nSPS) is 12.3. The molecule has 0 aliphatic carbocycles. The van der Waals surface area contributed by atoms with E-state index in [-0.39, 0.29) is 5.92 Å². The Hall–Kier alpha value is -1.79. The molecule has 0 spiro atoms. The molecule has 6 nitrogen and oxygen atoms in total. The van der Waals surface area contributed by atoms with E-state index in [1.165, 1.54) is 0 Å². The minimum atomic E-state index is -0.444. The summed E-state index contributed by atoms with van der Waals surface area (Å²) in [6, 6.07) is 3.94. The molecule has 118 valence electrons. The minimum absolute atomic E-state index is 0.132. The maximum atomic E-state index is 12.0. The summed E-state index contributed by atoms with van der Waals surface area (Å²) >= 11 is 11.9. The Kier molecular flexibility index (Phi) is 5.26. The second-order valence-electron chi connectivity index (χ2n) is 5.08. The molecule has 1 heterocycles. The van der Waals surface area contributed by atoms with Gasteiger partial charge in [0.1, 0.15) is 6.04 Å². The van der Waals surface area contributed by atoms with Crippen molar-refractivity contribution in [1.29, 1.82) is 0 Å². The number of benzene rings is 1. The lowest BCUT2D eigenvalue weighted by molar-refractivity contribution is 0.246. The fraction of sp³-hybridized carbons (Fsp3) is 0.357. The van der Waals surface area contributed by atoms with Crippen molar-refractivity contribution in [3.63, 3.8) is 0 Å². The van der Waals surface area contributed by atoms with E-state index < -0.39 is 12.1 Å². The van der Waals surface area contributed by atoms with Crippen molar-refractivity contribution in [2.45, 2.75) is 32.7 Å². The van der Waals surface area contributed by atoms with E-state index in [0.717, 1.165) is 0 Å². The highest BCUT2D eigenvalue weighted by Crippen LogP contribution is 2.25. The third-order valence-corrected chi connectivity index (χ3v) is 3.41. The van der Waals surface area contributed by atoms with Crippen LogP contribution in [0.15, 0.2) is 22.6 Å². The average molecular weight is 343 g/mol. The van der Waals surface area contributed by atoms with Crippen LogP contribution in [0, 0.1) is 0 Å². The molecule has 2 amide bonds. The van der Waals surface area contributed by atoms with Gasteiger partial charge in [0, 0.05) is 10.9 Å². The molecule has 2 aromatic rings. The molecule has 1 aromatic heterocycles. The molecule has 1 atom stereocenters. The van der Waals surface area contributed by atoms with E-state index in [1.54, 1.807) is 25.1 Å². The molecular weight excluding hydrogens is 327 g/mol. The molecule has 0 saturated heterocycles. The second-order valence-corrected chi connectivity index (χ2v) is 5.92. The van der Waals surface area contributed by atoms with Crippen molar-refractivity contribution in [2.75, 3.05) is 5.32 Å². The van der Waals surface area contributed by atoms with Gasteiger partial charge in [0.15, 0.2) is 0 Å². The van der Waals surface area contributed by atoms with E-state index in [2.05, 4.69) is 20.8 Å². The van der Waals surface area contributed by atoms with Crippen molar-refractivity contribution in [1.82, 2.24) is 15.5 Å².